The molecule has 0 aliphatic heterocycles. The third-order valence-electron chi connectivity index (χ3n) is 3.90. The van der Waals surface area contributed by atoms with E-state index in [1.807, 2.05) is 25.2 Å². The zero-order valence-corrected chi connectivity index (χ0v) is 11.3. The molecule has 1 aliphatic rings. The summed E-state index contributed by atoms with van der Waals surface area (Å²) in [6, 6.07) is 8.13. The molecule has 3 rings (SSSR count). The standard InChI is InChI=1S/C15H20N4/c1-16-15-18-13-8-3-2-7-12(13)14(19-15)17-10-9-11-5-4-6-11/h2-3,7-8,11H,4-6,9-10H2,1H3,(H2,16,17,18,19). The monoisotopic (exact) mass is 256 g/mol. The Labute approximate surface area is 113 Å². The van der Waals surface area contributed by atoms with E-state index in [1.165, 1.54) is 25.7 Å². The highest BCUT2D eigenvalue weighted by molar-refractivity contribution is 5.89. The van der Waals surface area contributed by atoms with Gasteiger partial charge in [-0.05, 0) is 24.5 Å². The minimum absolute atomic E-state index is 0.671. The fourth-order valence-corrected chi connectivity index (χ4v) is 2.50. The van der Waals surface area contributed by atoms with Crippen molar-refractivity contribution in [1.29, 1.82) is 0 Å². The number of aromatic nitrogens is 2. The topological polar surface area (TPSA) is 49.8 Å². The maximum absolute atomic E-state index is 4.53. The van der Waals surface area contributed by atoms with Crippen LogP contribution in [0.15, 0.2) is 24.3 Å². The quantitative estimate of drug-likeness (QED) is 0.862. The van der Waals surface area contributed by atoms with Crippen LogP contribution in [0.25, 0.3) is 10.9 Å². The highest BCUT2D eigenvalue weighted by Crippen LogP contribution is 2.29. The lowest BCUT2D eigenvalue weighted by molar-refractivity contribution is 0.303. The van der Waals surface area contributed by atoms with Gasteiger partial charge >= 0.3 is 0 Å². The van der Waals surface area contributed by atoms with Crippen LogP contribution < -0.4 is 10.6 Å². The molecule has 19 heavy (non-hydrogen) atoms. The fourth-order valence-electron chi connectivity index (χ4n) is 2.50. The summed E-state index contributed by atoms with van der Waals surface area (Å²) in [6.45, 7) is 0.995. The van der Waals surface area contributed by atoms with Crippen molar-refractivity contribution >= 4 is 22.7 Å². The lowest BCUT2D eigenvalue weighted by Crippen LogP contribution is -2.16. The van der Waals surface area contributed by atoms with E-state index in [0.29, 0.717) is 5.95 Å². The zero-order chi connectivity index (χ0) is 13.1. The Kier molecular flexibility index (Phi) is 3.49. The molecule has 0 unspecified atom stereocenters. The first-order valence-electron chi connectivity index (χ1n) is 7.05. The summed E-state index contributed by atoms with van der Waals surface area (Å²) in [5, 5.41) is 7.58. The lowest BCUT2D eigenvalue weighted by atomic mass is 9.83. The van der Waals surface area contributed by atoms with Crippen LogP contribution in [0.2, 0.25) is 0 Å². The van der Waals surface area contributed by atoms with Gasteiger partial charge in [0.05, 0.1) is 5.52 Å². The normalized spacial score (nSPS) is 15.2. The molecule has 1 aromatic heterocycles. The molecule has 0 atom stereocenters. The molecule has 1 heterocycles. The molecule has 1 saturated carbocycles. The van der Waals surface area contributed by atoms with Gasteiger partial charge in [0.15, 0.2) is 0 Å². The summed E-state index contributed by atoms with van der Waals surface area (Å²) in [5.41, 5.74) is 0.980. The van der Waals surface area contributed by atoms with E-state index in [1.54, 1.807) is 0 Å². The first-order valence-corrected chi connectivity index (χ1v) is 7.05. The molecule has 4 nitrogen and oxygen atoms in total. The molecule has 1 aliphatic carbocycles. The number of nitrogens with one attached hydrogen (secondary N) is 2. The van der Waals surface area contributed by atoms with Crippen LogP contribution in [0.3, 0.4) is 0 Å². The molecule has 2 aromatic rings. The maximum atomic E-state index is 4.53. The highest BCUT2D eigenvalue weighted by atomic mass is 15.1. The zero-order valence-electron chi connectivity index (χ0n) is 11.3. The number of nitrogens with zero attached hydrogens (tertiary/aromatic N) is 2. The van der Waals surface area contributed by atoms with E-state index in [2.05, 4.69) is 26.7 Å². The summed E-state index contributed by atoms with van der Waals surface area (Å²) in [5.74, 6) is 2.53. The van der Waals surface area contributed by atoms with E-state index < -0.39 is 0 Å². The van der Waals surface area contributed by atoms with Gasteiger partial charge in [-0.2, -0.15) is 4.98 Å². The van der Waals surface area contributed by atoms with E-state index in [4.69, 9.17) is 0 Å². The number of benzene rings is 1. The summed E-state index contributed by atoms with van der Waals surface area (Å²) in [7, 11) is 1.85. The smallest absolute Gasteiger partial charge is 0.224 e. The van der Waals surface area contributed by atoms with Crippen molar-refractivity contribution in [3.63, 3.8) is 0 Å². The number of fused-ring (bicyclic) bond motifs is 1. The highest BCUT2D eigenvalue weighted by Gasteiger charge is 2.16. The van der Waals surface area contributed by atoms with Crippen molar-refractivity contribution in [3.8, 4) is 0 Å². The molecule has 0 spiro atoms. The molecule has 100 valence electrons. The number of para-hydroxylation sites is 1. The molecule has 0 saturated heterocycles. The van der Waals surface area contributed by atoms with Crippen molar-refractivity contribution in [2.45, 2.75) is 25.7 Å². The van der Waals surface area contributed by atoms with Gasteiger partial charge < -0.3 is 10.6 Å². The van der Waals surface area contributed by atoms with E-state index in [9.17, 15) is 0 Å². The molecule has 1 fully saturated rings. The van der Waals surface area contributed by atoms with Gasteiger partial charge in [-0.1, -0.05) is 31.4 Å². The molecule has 4 heteroatoms. The Balaban J connectivity index is 1.79. The first kappa shape index (κ1) is 12.2. The van der Waals surface area contributed by atoms with Crippen molar-refractivity contribution in [3.05, 3.63) is 24.3 Å². The van der Waals surface area contributed by atoms with E-state index >= 15 is 0 Å². The van der Waals surface area contributed by atoms with Gasteiger partial charge in [-0.15, -0.1) is 0 Å². The summed E-state index contributed by atoms with van der Waals surface area (Å²) >= 11 is 0. The predicted octanol–water partition coefficient (Wildman–Crippen LogP) is 3.27. The number of hydrogen-bond donors (Lipinski definition) is 2. The SMILES string of the molecule is CNc1nc(NCCC2CCC2)c2ccccc2n1. The number of rotatable bonds is 5. The van der Waals surface area contributed by atoms with Crippen LogP contribution in [0.4, 0.5) is 11.8 Å². The third kappa shape index (κ3) is 2.62. The van der Waals surface area contributed by atoms with Gasteiger partial charge in [0.2, 0.25) is 5.95 Å². The van der Waals surface area contributed by atoms with Crippen LogP contribution >= 0.6 is 0 Å². The van der Waals surface area contributed by atoms with Crippen molar-refractivity contribution in [1.82, 2.24) is 9.97 Å². The molecule has 2 N–H and O–H groups in total. The second-order valence-corrected chi connectivity index (χ2v) is 5.18. The van der Waals surface area contributed by atoms with Crippen LogP contribution in [0.1, 0.15) is 25.7 Å². The van der Waals surface area contributed by atoms with Gasteiger partial charge in [-0.3, -0.25) is 0 Å². The molecular weight excluding hydrogens is 236 g/mol. The second kappa shape index (κ2) is 5.43. The van der Waals surface area contributed by atoms with Crippen molar-refractivity contribution < 1.29 is 0 Å². The first-order chi connectivity index (χ1) is 9.36. The van der Waals surface area contributed by atoms with Gasteiger partial charge in [0.1, 0.15) is 5.82 Å². The molecule has 0 amide bonds. The van der Waals surface area contributed by atoms with Crippen molar-refractivity contribution in [2.75, 3.05) is 24.2 Å². The maximum Gasteiger partial charge on any atom is 0.224 e. The second-order valence-electron chi connectivity index (χ2n) is 5.18. The molecule has 0 bridgehead atoms. The summed E-state index contributed by atoms with van der Waals surface area (Å²) < 4.78 is 0. The minimum Gasteiger partial charge on any atom is -0.369 e. The largest absolute Gasteiger partial charge is 0.369 e. The number of hydrogen-bond acceptors (Lipinski definition) is 4. The third-order valence-corrected chi connectivity index (χ3v) is 3.90. The summed E-state index contributed by atoms with van der Waals surface area (Å²) in [4.78, 5) is 8.99. The van der Waals surface area contributed by atoms with Crippen LogP contribution in [0.5, 0.6) is 0 Å². The van der Waals surface area contributed by atoms with E-state index in [0.717, 1.165) is 29.2 Å². The number of anilines is 2. The summed E-state index contributed by atoms with van der Waals surface area (Å²) in [6.07, 6.45) is 5.44. The Bertz CT molecular complexity index is 563. The molecule has 0 radical (unpaired) electrons. The Morgan fingerprint density at radius 2 is 2.05 bits per heavy atom. The van der Waals surface area contributed by atoms with Crippen LogP contribution in [-0.4, -0.2) is 23.6 Å². The van der Waals surface area contributed by atoms with Crippen LogP contribution in [0, 0.1) is 5.92 Å². The Hall–Kier alpha value is -1.84. The average molecular weight is 256 g/mol. The predicted molar refractivity (Wildman–Crippen MR) is 79.5 cm³/mol. The Morgan fingerprint density at radius 3 is 2.79 bits per heavy atom. The average Bonchev–Trinajstić information content (AvgIpc) is 2.41. The molecular formula is C15H20N4. The van der Waals surface area contributed by atoms with Gasteiger partial charge in [-0.25, -0.2) is 4.98 Å². The van der Waals surface area contributed by atoms with Crippen molar-refractivity contribution in [2.24, 2.45) is 5.92 Å². The molecule has 1 aromatic carbocycles. The van der Waals surface area contributed by atoms with E-state index in [-0.39, 0.29) is 0 Å². The fraction of sp³-hybridized carbons (Fsp3) is 0.467. The Morgan fingerprint density at radius 1 is 1.21 bits per heavy atom. The van der Waals surface area contributed by atoms with Crippen LogP contribution in [-0.2, 0) is 0 Å². The minimum atomic E-state index is 0.671. The lowest BCUT2D eigenvalue weighted by Gasteiger charge is -2.25. The van der Waals surface area contributed by atoms with Gasteiger partial charge in [0.25, 0.3) is 0 Å². The van der Waals surface area contributed by atoms with Gasteiger partial charge in [0, 0.05) is 19.0 Å².